The van der Waals surface area contributed by atoms with Crippen LogP contribution >= 0.6 is 0 Å². The molecule has 0 atom stereocenters. The highest BCUT2D eigenvalue weighted by Crippen LogP contribution is 2.37. The van der Waals surface area contributed by atoms with E-state index < -0.39 is 0 Å². The maximum atomic E-state index is 12.5. The molecule has 0 spiro atoms. The van der Waals surface area contributed by atoms with Crippen LogP contribution in [0.25, 0.3) is 0 Å². The number of fused-ring (bicyclic) bond motifs is 1. The first-order valence-electron chi connectivity index (χ1n) is 12.8. The van der Waals surface area contributed by atoms with E-state index in [9.17, 15) is 4.79 Å². The number of hydrogen-bond donors (Lipinski definition) is 1. The maximum Gasteiger partial charge on any atom is 0.253 e. The van der Waals surface area contributed by atoms with Crippen LogP contribution in [0.15, 0.2) is 36.5 Å². The number of nitrogens with one attached hydrogen (secondary N) is 1. The zero-order valence-corrected chi connectivity index (χ0v) is 19.8. The summed E-state index contributed by atoms with van der Waals surface area (Å²) < 4.78 is 5.77. The van der Waals surface area contributed by atoms with Crippen molar-refractivity contribution in [2.75, 3.05) is 26.2 Å². The van der Waals surface area contributed by atoms with E-state index >= 15 is 0 Å². The van der Waals surface area contributed by atoms with Crippen molar-refractivity contribution in [3.8, 4) is 11.8 Å². The summed E-state index contributed by atoms with van der Waals surface area (Å²) in [5, 5.41) is 12.0. The minimum Gasteiger partial charge on any atom is -0.493 e. The number of pyridine rings is 1. The Bertz CT molecular complexity index is 1030. The van der Waals surface area contributed by atoms with Crippen LogP contribution in [0.3, 0.4) is 0 Å². The van der Waals surface area contributed by atoms with Gasteiger partial charge < -0.3 is 15.0 Å². The number of hydrogen-bond acceptors (Lipinski definition) is 5. The first-order valence-corrected chi connectivity index (χ1v) is 12.8. The Morgan fingerprint density at radius 1 is 1.12 bits per heavy atom. The third-order valence-electron chi connectivity index (χ3n) is 7.98. The molecular formula is C28H34N4O2. The first-order chi connectivity index (χ1) is 16.7. The van der Waals surface area contributed by atoms with Gasteiger partial charge in [-0.05, 0) is 100 Å². The summed E-state index contributed by atoms with van der Waals surface area (Å²) in [5.41, 5.74) is 3.85. The van der Waals surface area contributed by atoms with Crippen molar-refractivity contribution >= 4 is 5.91 Å². The second-order valence-electron chi connectivity index (χ2n) is 10.1. The molecule has 0 bridgehead atoms. The Morgan fingerprint density at radius 2 is 1.94 bits per heavy atom. The van der Waals surface area contributed by atoms with E-state index in [4.69, 9.17) is 10.00 Å². The highest BCUT2D eigenvalue weighted by molar-refractivity contribution is 5.94. The number of carbonyl (C=O) groups excluding carboxylic acids is 1. The third kappa shape index (κ3) is 5.26. The van der Waals surface area contributed by atoms with Crippen LogP contribution in [0, 0.1) is 17.2 Å². The quantitative estimate of drug-likeness (QED) is 0.692. The molecule has 1 aromatic heterocycles. The van der Waals surface area contributed by atoms with E-state index in [0.717, 1.165) is 37.5 Å². The van der Waals surface area contributed by atoms with Gasteiger partial charge in [-0.2, -0.15) is 5.26 Å². The van der Waals surface area contributed by atoms with Gasteiger partial charge in [0.25, 0.3) is 5.91 Å². The number of nitriles is 1. The Morgan fingerprint density at radius 3 is 2.68 bits per heavy atom. The molecule has 0 unspecified atom stereocenters. The van der Waals surface area contributed by atoms with Gasteiger partial charge in [-0.3, -0.25) is 4.79 Å². The van der Waals surface area contributed by atoms with Crippen molar-refractivity contribution in [2.45, 2.75) is 63.3 Å². The number of aromatic nitrogens is 1. The molecule has 1 aliphatic carbocycles. The van der Waals surface area contributed by atoms with Crippen molar-refractivity contribution in [1.82, 2.24) is 15.2 Å². The number of ether oxygens (including phenoxy) is 1. The summed E-state index contributed by atoms with van der Waals surface area (Å²) in [6, 6.07) is 12.1. The second-order valence-corrected chi connectivity index (χ2v) is 10.1. The van der Waals surface area contributed by atoms with Crippen molar-refractivity contribution in [3.63, 3.8) is 0 Å². The minimum absolute atomic E-state index is 0.0843. The summed E-state index contributed by atoms with van der Waals surface area (Å²) in [4.78, 5) is 19.1. The third-order valence-corrected chi connectivity index (χ3v) is 7.98. The van der Waals surface area contributed by atoms with Gasteiger partial charge in [0.1, 0.15) is 17.5 Å². The van der Waals surface area contributed by atoms with Gasteiger partial charge in [0.05, 0.1) is 12.2 Å². The standard InChI is InChI=1S/C28H34N4O2/c29-18-24-9-6-22(19-30-24)28(33)31-23-7-4-20(5-8-23)10-14-32-15-11-21(12-16-32)25-2-1-3-27-26(25)13-17-34-27/h1-3,6,9,19-21,23H,4-5,7-8,10-17H2,(H,31,33). The average Bonchev–Trinajstić information content (AvgIpc) is 3.38. The molecule has 178 valence electrons. The van der Waals surface area contributed by atoms with Crippen LogP contribution in [0.4, 0.5) is 0 Å². The fraction of sp³-hybridized carbons (Fsp3) is 0.536. The predicted octanol–water partition coefficient (Wildman–Crippen LogP) is 4.45. The smallest absolute Gasteiger partial charge is 0.253 e. The van der Waals surface area contributed by atoms with Crippen LogP contribution in [0.5, 0.6) is 5.75 Å². The maximum absolute atomic E-state index is 12.5. The molecule has 6 heteroatoms. The second kappa shape index (κ2) is 10.6. The van der Waals surface area contributed by atoms with Gasteiger partial charge >= 0.3 is 0 Å². The average molecular weight is 459 g/mol. The lowest BCUT2D eigenvalue weighted by Gasteiger charge is -2.35. The van der Waals surface area contributed by atoms with Crippen LogP contribution in [-0.2, 0) is 6.42 Å². The fourth-order valence-electron chi connectivity index (χ4n) is 5.92. The van der Waals surface area contributed by atoms with Crippen molar-refractivity contribution in [3.05, 3.63) is 58.9 Å². The molecule has 3 heterocycles. The van der Waals surface area contributed by atoms with Gasteiger partial charge in [0.15, 0.2) is 0 Å². The van der Waals surface area contributed by atoms with E-state index in [0.29, 0.717) is 17.2 Å². The number of nitrogens with zero attached hydrogens (tertiary/aromatic N) is 3. The molecular weight excluding hydrogens is 424 g/mol. The summed E-state index contributed by atoms with van der Waals surface area (Å²) >= 11 is 0. The van der Waals surface area contributed by atoms with Gasteiger partial charge in [0, 0.05) is 24.2 Å². The molecule has 3 aliphatic rings. The normalized spacial score (nSPS) is 23.0. The molecule has 2 fully saturated rings. The molecule has 1 aromatic carbocycles. The summed E-state index contributed by atoms with van der Waals surface area (Å²) in [6.45, 7) is 4.42. The van der Waals surface area contributed by atoms with Gasteiger partial charge in [-0.25, -0.2) is 4.98 Å². The Kier molecular flexibility index (Phi) is 7.10. The van der Waals surface area contributed by atoms with Crippen molar-refractivity contribution in [1.29, 1.82) is 5.26 Å². The molecule has 1 amide bonds. The number of piperidine rings is 1. The lowest BCUT2D eigenvalue weighted by molar-refractivity contribution is 0.0919. The first kappa shape index (κ1) is 22.9. The minimum atomic E-state index is -0.0843. The number of likely N-dealkylation sites (tertiary alicyclic amines) is 1. The molecule has 2 aliphatic heterocycles. The molecule has 2 aromatic rings. The number of rotatable bonds is 6. The largest absolute Gasteiger partial charge is 0.493 e. The lowest BCUT2D eigenvalue weighted by Crippen LogP contribution is -2.38. The van der Waals surface area contributed by atoms with Gasteiger partial charge in [-0.1, -0.05) is 12.1 Å². The lowest BCUT2D eigenvalue weighted by atomic mass is 9.83. The summed E-state index contributed by atoms with van der Waals surface area (Å²) in [7, 11) is 0. The van der Waals surface area contributed by atoms with E-state index in [1.54, 1.807) is 12.1 Å². The van der Waals surface area contributed by atoms with E-state index in [-0.39, 0.29) is 11.9 Å². The number of benzene rings is 1. The van der Waals surface area contributed by atoms with E-state index in [1.807, 2.05) is 6.07 Å². The molecule has 5 rings (SSSR count). The van der Waals surface area contributed by atoms with Gasteiger partial charge in [0.2, 0.25) is 0 Å². The zero-order chi connectivity index (χ0) is 23.3. The fourth-order valence-corrected chi connectivity index (χ4v) is 5.92. The van der Waals surface area contributed by atoms with Crippen molar-refractivity contribution in [2.24, 2.45) is 5.92 Å². The van der Waals surface area contributed by atoms with E-state index in [2.05, 4.69) is 33.4 Å². The Labute approximate surface area is 202 Å². The molecule has 1 saturated heterocycles. The highest BCUT2D eigenvalue weighted by Gasteiger charge is 2.27. The molecule has 1 N–H and O–H groups in total. The van der Waals surface area contributed by atoms with Crippen molar-refractivity contribution < 1.29 is 9.53 Å². The number of carbonyl (C=O) groups is 1. The zero-order valence-electron chi connectivity index (χ0n) is 19.8. The van der Waals surface area contributed by atoms with Crippen LogP contribution in [-0.4, -0.2) is 48.1 Å². The Balaban J connectivity index is 1.02. The predicted molar refractivity (Wildman–Crippen MR) is 131 cm³/mol. The molecule has 34 heavy (non-hydrogen) atoms. The van der Waals surface area contributed by atoms with Crippen LogP contribution in [0.1, 0.15) is 78.0 Å². The number of amides is 1. The summed E-state index contributed by atoms with van der Waals surface area (Å²) in [6.07, 6.45) is 10.8. The van der Waals surface area contributed by atoms with Crippen LogP contribution in [0.2, 0.25) is 0 Å². The van der Waals surface area contributed by atoms with Crippen LogP contribution < -0.4 is 10.1 Å². The van der Waals surface area contributed by atoms with E-state index in [1.165, 1.54) is 69.1 Å². The van der Waals surface area contributed by atoms with Gasteiger partial charge in [-0.15, -0.1) is 0 Å². The Hall–Kier alpha value is -2.91. The molecule has 6 nitrogen and oxygen atoms in total. The molecule has 1 saturated carbocycles. The topological polar surface area (TPSA) is 78.2 Å². The SMILES string of the molecule is N#Cc1ccc(C(=O)NC2CCC(CCN3CCC(c4cccc5c4CCO5)CC3)CC2)cn1. The highest BCUT2D eigenvalue weighted by atomic mass is 16.5. The molecule has 0 radical (unpaired) electrons. The monoisotopic (exact) mass is 458 g/mol. The summed E-state index contributed by atoms with van der Waals surface area (Å²) in [5.74, 6) is 2.47.